The number of ether oxygens (including phenoxy) is 1. The molecule has 0 spiro atoms. The van der Waals surface area contributed by atoms with Crippen molar-refractivity contribution in [3.05, 3.63) is 58.4 Å². The summed E-state index contributed by atoms with van der Waals surface area (Å²) in [6.45, 7) is 11.6. The van der Waals surface area contributed by atoms with E-state index >= 15 is 0 Å². The zero-order chi connectivity index (χ0) is 26.7. The van der Waals surface area contributed by atoms with Crippen molar-refractivity contribution in [3.8, 4) is 0 Å². The number of rotatable bonds is 8. The second-order valence-electron chi connectivity index (χ2n) is 10.5. The van der Waals surface area contributed by atoms with E-state index in [0.717, 1.165) is 62.7 Å². The Morgan fingerprint density at radius 2 is 1.84 bits per heavy atom. The minimum Gasteiger partial charge on any atom is -0.379 e. The van der Waals surface area contributed by atoms with Gasteiger partial charge in [0, 0.05) is 53.2 Å². The first kappa shape index (κ1) is 28.3. The van der Waals surface area contributed by atoms with Gasteiger partial charge in [-0.05, 0) is 54.7 Å². The Balaban J connectivity index is 1.45. The molecule has 37 heavy (non-hydrogen) atoms. The molecular weight excluding hydrogens is 521 g/mol. The SMILES string of the molecule is CC(CC1CC(C)C(C)C1Sc1cc(C(=O)Nc2cc(F)c(F)c(F)c2)ccc1Cl)CN1CCOCC1. The Labute approximate surface area is 226 Å². The smallest absolute Gasteiger partial charge is 0.255 e. The first-order chi connectivity index (χ1) is 17.6. The number of benzene rings is 2. The predicted octanol–water partition coefficient (Wildman–Crippen LogP) is 7.12. The van der Waals surface area contributed by atoms with Crippen molar-refractivity contribution in [2.75, 3.05) is 38.2 Å². The fourth-order valence-electron chi connectivity index (χ4n) is 5.54. The van der Waals surface area contributed by atoms with Crippen LogP contribution in [-0.2, 0) is 4.74 Å². The van der Waals surface area contributed by atoms with Crippen molar-refractivity contribution in [1.82, 2.24) is 4.90 Å². The summed E-state index contributed by atoms with van der Waals surface area (Å²) in [7, 11) is 0. The zero-order valence-corrected chi connectivity index (χ0v) is 23.0. The maximum absolute atomic E-state index is 13.6. The van der Waals surface area contributed by atoms with Gasteiger partial charge in [-0.25, -0.2) is 13.2 Å². The van der Waals surface area contributed by atoms with Crippen LogP contribution < -0.4 is 5.32 Å². The summed E-state index contributed by atoms with van der Waals surface area (Å²) in [5, 5.41) is 3.37. The second-order valence-corrected chi connectivity index (χ2v) is 12.1. The van der Waals surface area contributed by atoms with Gasteiger partial charge in [0.1, 0.15) is 0 Å². The van der Waals surface area contributed by atoms with Gasteiger partial charge in [-0.2, -0.15) is 0 Å². The number of thioether (sulfide) groups is 1. The van der Waals surface area contributed by atoms with Crippen molar-refractivity contribution < 1.29 is 22.7 Å². The second kappa shape index (κ2) is 12.4. The highest BCUT2D eigenvalue weighted by atomic mass is 35.5. The van der Waals surface area contributed by atoms with Crippen LogP contribution in [0.2, 0.25) is 5.02 Å². The Hall–Kier alpha value is -1.74. The summed E-state index contributed by atoms with van der Waals surface area (Å²) in [4.78, 5) is 16.1. The molecule has 9 heteroatoms. The molecule has 1 saturated carbocycles. The zero-order valence-electron chi connectivity index (χ0n) is 21.4. The van der Waals surface area contributed by atoms with Crippen LogP contribution in [0.3, 0.4) is 0 Å². The van der Waals surface area contributed by atoms with E-state index in [1.807, 2.05) is 0 Å². The van der Waals surface area contributed by atoms with E-state index in [9.17, 15) is 18.0 Å². The molecule has 5 atom stereocenters. The molecular formula is C28H34ClF3N2O2S. The summed E-state index contributed by atoms with van der Waals surface area (Å²) in [6, 6.07) is 6.48. The number of hydrogen-bond acceptors (Lipinski definition) is 4. The van der Waals surface area contributed by atoms with Crippen molar-refractivity contribution in [3.63, 3.8) is 0 Å². The molecule has 0 bridgehead atoms. The number of carbonyl (C=O) groups excluding carboxylic acids is 1. The number of nitrogens with zero attached hydrogens (tertiary/aromatic N) is 1. The summed E-state index contributed by atoms with van der Waals surface area (Å²) in [6.07, 6.45) is 2.29. The van der Waals surface area contributed by atoms with Gasteiger partial charge in [-0.1, -0.05) is 32.4 Å². The molecule has 2 fully saturated rings. The van der Waals surface area contributed by atoms with Crippen molar-refractivity contribution in [2.24, 2.45) is 23.7 Å². The minimum atomic E-state index is -1.57. The van der Waals surface area contributed by atoms with Crippen LogP contribution in [0.4, 0.5) is 18.9 Å². The molecule has 4 nitrogen and oxygen atoms in total. The lowest BCUT2D eigenvalue weighted by Gasteiger charge is -2.31. The van der Waals surface area contributed by atoms with Gasteiger partial charge in [0.15, 0.2) is 17.5 Å². The van der Waals surface area contributed by atoms with Gasteiger partial charge in [-0.15, -0.1) is 11.8 Å². The first-order valence-electron chi connectivity index (χ1n) is 12.8. The van der Waals surface area contributed by atoms with Crippen LogP contribution >= 0.6 is 23.4 Å². The molecule has 1 aliphatic carbocycles. The molecule has 1 heterocycles. The number of amides is 1. The average Bonchev–Trinajstić information content (AvgIpc) is 3.11. The number of carbonyl (C=O) groups is 1. The summed E-state index contributed by atoms with van der Waals surface area (Å²) in [5.41, 5.74) is 0.158. The number of halogens is 4. The first-order valence-corrected chi connectivity index (χ1v) is 14.1. The number of hydrogen-bond donors (Lipinski definition) is 1. The van der Waals surface area contributed by atoms with E-state index in [0.29, 0.717) is 39.5 Å². The average molecular weight is 555 g/mol. The molecule has 2 aromatic rings. The van der Waals surface area contributed by atoms with Crippen LogP contribution in [0.15, 0.2) is 35.2 Å². The highest BCUT2D eigenvalue weighted by Gasteiger charge is 2.40. The largest absolute Gasteiger partial charge is 0.379 e. The molecule has 1 N–H and O–H groups in total. The number of morpholine rings is 1. The fourth-order valence-corrected chi connectivity index (χ4v) is 7.36. The quantitative estimate of drug-likeness (QED) is 0.353. The van der Waals surface area contributed by atoms with E-state index in [2.05, 4.69) is 31.0 Å². The Morgan fingerprint density at radius 1 is 1.16 bits per heavy atom. The van der Waals surface area contributed by atoms with E-state index in [1.54, 1.807) is 30.0 Å². The summed E-state index contributed by atoms with van der Waals surface area (Å²) < 4.78 is 45.9. The van der Waals surface area contributed by atoms with Crippen LogP contribution in [0.1, 0.15) is 44.0 Å². The molecule has 1 amide bonds. The standard InChI is InChI=1S/C28H34ClF3N2O2S/c1-16(15-34-6-8-36-9-7-34)10-20-11-17(2)18(3)27(20)37-25-12-19(4-5-22(25)29)28(35)33-21-13-23(30)26(32)24(31)14-21/h4-5,12-14,16-18,20,27H,6-11,15H2,1-3H3,(H,33,35). The van der Waals surface area contributed by atoms with Crippen LogP contribution in [0.5, 0.6) is 0 Å². The Kier molecular flexibility index (Phi) is 9.48. The molecule has 2 aliphatic rings. The van der Waals surface area contributed by atoms with E-state index in [-0.39, 0.29) is 5.69 Å². The molecule has 2 aromatic carbocycles. The highest BCUT2D eigenvalue weighted by Crippen LogP contribution is 2.49. The fraction of sp³-hybridized carbons (Fsp3) is 0.536. The lowest BCUT2D eigenvalue weighted by atomic mass is 9.92. The molecule has 4 rings (SSSR count). The van der Waals surface area contributed by atoms with Crippen LogP contribution in [-0.4, -0.2) is 48.9 Å². The molecule has 0 radical (unpaired) electrons. The maximum atomic E-state index is 13.6. The molecule has 1 aliphatic heterocycles. The highest BCUT2D eigenvalue weighted by molar-refractivity contribution is 8.00. The lowest BCUT2D eigenvalue weighted by molar-refractivity contribution is 0.0302. The lowest BCUT2D eigenvalue weighted by Crippen LogP contribution is -2.39. The summed E-state index contributed by atoms with van der Waals surface area (Å²) >= 11 is 8.27. The monoisotopic (exact) mass is 554 g/mol. The van der Waals surface area contributed by atoms with Crippen LogP contribution in [0, 0.1) is 41.1 Å². The van der Waals surface area contributed by atoms with Gasteiger partial charge >= 0.3 is 0 Å². The van der Waals surface area contributed by atoms with Gasteiger partial charge in [0.2, 0.25) is 0 Å². The predicted molar refractivity (Wildman–Crippen MR) is 143 cm³/mol. The van der Waals surface area contributed by atoms with Crippen molar-refractivity contribution in [2.45, 2.75) is 43.8 Å². The maximum Gasteiger partial charge on any atom is 0.255 e. The van der Waals surface area contributed by atoms with Crippen LogP contribution in [0.25, 0.3) is 0 Å². The summed E-state index contributed by atoms with van der Waals surface area (Å²) in [5.74, 6) is -2.67. The third kappa shape index (κ3) is 7.02. The van der Waals surface area contributed by atoms with Gasteiger partial charge in [0.25, 0.3) is 5.91 Å². The minimum absolute atomic E-state index is 0.155. The third-order valence-corrected chi connectivity index (χ3v) is 9.75. The number of anilines is 1. The van der Waals surface area contributed by atoms with E-state index in [4.69, 9.17) is 16.3 Å². The normalized spacial score (nSPS) is 25.3. The molecule has 1 saturated heterocycles. The van der Waals surface area contributed by atoms with E-state index < -0.39 is 23.4 Å². The van der Waals surface area contributed by atoms with Gasteiger partial charge < -0.3 is 10.1 Å². The van der Waals surface area contributed by atoms with Gasteiger partial charge in [-0.3, -0.25) is 9.69 Å². The van der Waals surface area contributed by atoms with Crippen molar-refractivity contribution >= 4 is 35.0 Å². The Bertz CT molecular complexity index is 1090. The third-order valence-electron chi connectivity index (χ3n) is 7.63. The molecule has 0 aromatic heterocycles. The van der Waals surface area contributed by atoms with E-state index in [1.165, 1.54) is 0 Å². The van der Waals surface area contributed by atoms with Gasteiger partial charge in [0.05, 0.1) is 18.2 Å². The van der Waals surface area contributed by atoms with Crippen molar-refractivity contribution in [1.29, 1.82) is 0 Å². The molecule has 5 unspecified atom stereocenters. The Morgan fingerprint density at radius 3 is 2.51 bits per heavy atom. The topological polar surface area (TPSA) is 41.6 Å². The molecule has 202 valence electrons. The number of nitrogens with one attached hydrogen (secondary N) is 1.